The van der Waals surface area contributed by atoms with Gasteiger partial charge >= 0.3 is 0 Å². The number of anilines is 1. The number of nitrogens with one attached hydrogen (secondary N) is 2. The molecule has 1 aromatic heterocycles. The summed E-state index contributed by atoms with van der Waals surface area (Å²) in [6.07, 6.45) is 2.04. The van der Waals surface area contributed by atoms with E-state index in [1.165, 1.54) is 21.0 Å². The maximum absolute atomic E-state index is 13.9. The van der Waals surface area contributed by atoms with Crippen molar-refractivity contribution in [2.75, 3.05) is 19.4 Å². The van der Waals surface area contributed by atoms with E-state index in [9.17, 15) is 14.0 Å². The van der Waals surface area contributed by atoms with Gasteiger partial charge in [-0.25, -0.2) is 4.39 Å². The minimum Gasteiger partial charge on any atom is -0.496 e. The first-order valence-electron chi connectivity index (χ1n) is 11.6. The normalized spacial score (nSPS) is 13.5. The third-order valence-corrected chi connectivity index (χ3v) is 6.18. The first-order chi connectivity index (χ1) is 16.5. The molecule has 0 aliphatic heterocycles. The van der Waals surface area contributed by atoms with Crippen LogP contribution in [0.2, 0.25) is 0 Å². The largest absolute Gasteiger partial charge is 0.496 e. The molecule has 3 aromatic rings. The third kappa shape index (κ3) is 5.01. The third-order valence-electron chi connectivity index (χ3n) is 6.18. The highest BCUT2D eigenvalue weighted by atomic mass is 19.1. The summed E-state index contributed by atoms with van der Waals surface area (Å²) < 4.78 is 19.4. The molecule has 35 heavy (non-hydrogen) atoms. The van der Waals surface area contributed by atoms with Crippen LogP contribution in [0.15, 0.2) is 36.4 Å². The lowest BCUT2D eigenvalue weighted by molar-refractivity contribution is 0.0917. The summed E-state index contributed by atoms with van der Waals surface area (Å²) in [6, 6.07) is 10.8. The molecule has 0 atom stereocenters. The molecule has 6 N–H and O–H groups in total. The van der Waals surface area contributed by atoms with Crippen LogP contribution in [-0.2, 0) is 0 Å². The zero-order valence-electron chi connectivity index (χ0n) is 20.4. The van der Waals surface area contributed by atoms with Gasteiger partial charge in [0, 0.05) is 22.5 Å². The Morgan fingerprint density at radius 2 is 1.89 bits per heavy atom. The van der Waals surface area contributed by atoms with Gasteiger partial charge in [0.05, 0.1) is 19.2 Å². The number of aryl methyl sites for hydroxylation is 1. The molecule has 2 aromatic carbocycles. The van der Waals surface area contributed by atoms with E-state index < -0.39 is 17.5 Å². The molecule has 1 fully saturated rings. The maximum Gasteiger partial charge on any atom is 0.265 e. The van der Waals surface area contributed by atoms with Gasteiger partial charge in [0.15, 0.2) is 0 Å². The Kier molecular flexibility index (Phi) is 6.32. The van der Waals surface area contributed by atoms with E-state index >= 15 is 0 Å². The van der Waals surface area contributed by atoms with Crippen LogP contribution in [0.5, 0.6) is 5.75 Å². The summed E-state index contributed by atoms with van der Waals surface area (Å²) in [5, 5.41) is 2.59. The second-order valence-electron chi connectivity index (χ2n) is 9.69. The Bertz CT molecular complexity index is 1300. The molecule has 4 rings (SSSR count). The van der Waals surface area contributed by atoms with Crippen LogP contribution in [0, 0.1) is 6.92 Å². The average molecular weight is 479 g/mol. The number of hydrogen-bond acceptors (Lipinski definition) is 4. The lowest BCUT2D eigenvalue weighted by Gasteiger charge is -2.17. The second kappa shape index (κ2) is 9.09. The molecule has 184 valence electrons. The standard InChI is InChI=1S/C27H31FN4O3/c1-14-11-17(29)8-10-18(14)22-21(24(25(30)33)32-23(22)15-5-6-15)16-7-9-19(20(12-16)35-4)26(34)31-13-27(2,3)28/h7-12,15,32H,5-6,13,29H2,1-4H3,(H2,30,33)(H,31,34). The van der Waals surface area contributed by atoms with Crippen LogP contribution < -0.4 is 21.5 Å². The van der Waals surface area contributed by atoms with Gasteiger partial charge in [0.25, 0.3) is 11.8 Å². The molecule has 0 saturated heterocycles. The summed E-state index contributed by atoms with van der Waals surface area (Å²) in [5.74, 6) is -0.408. The highest BCUT2D eigenvalue weighted by Crippen LogP contribution is 2.49. The molecule has 1 saturated carbocycles. The Labute approximate surface area is 204 Å². The number of primary amides is 1. The van der Waals surface area contributed by atoms with Crippen molar-refractivity contribution < 1.29 is 18.7 Å². The van der Waals surface area contributed by atoms with Crippen LogP contribution in [-0.4, -0.2) is 36.1 Å². The molecule has 0 radical (unpaired) electrons. The number of methoxy groups -OCH3 is 1. The van der Waals surface area contributed by atoms with E-state index in [1.807, 2.05) is 25.1 Å². The fourth-order valence-corrected chi connectivity index (χ4v) is 4.34. The topological polar surface area (TPSA) is 123 Å². The van der Waals surface area contributed by atoms with Crippen LogP contribution in [0.25, 0.3) is 22.3 Å². The van der Waals surface area contributed by atoms with Crippen molar-refractivity contribution in [3.05, 3.63) is 58.9 Å². The summed E-state index contributed by atoms with van der Waals surface area (Å²) in [5.41, 5.74) is 16.6. The minimum absolute atomic E-state index is 0.133. The van der Waals surface area contributed by atoms with E-state index in [1.54, 1.807) is 18.2 Å². The van der Waals surface area contributed by atoms with Gasteiger partial charge in [-0.15, -0.1) is 0 Å². The van der Waals surface area contributed by atoms with Crippen molar-refractivity contribution in [3.63, 3.8) is 0 Å². The van der Waals surface area contributed by atoms with Gasteiger partial charge in [0.2, 0.25) is 0 Å². The van der Waals surface area contributed by atoms with Crippen molar-refractivity contribution in [3.8, 4) is 28.0 Å². The van der Waals surface area contributed by atoms with E-state index in [0.29, 0.717) is 34.2 Å². The van der Waals surface area contributed by atoms with Gasteiger partial charge < -0.3 is 26.5 Å². The fourth-order valence-electron chi connectivity index (χ4n) is 4.34. The molecule has 0 spiro atoms. The molecule has 1 aliphatic rings. The van der Waals surface area contributed by atoms with Gasteiger partial charge in [0.1, 0.15) is 17.1 Å². The molecular weight excluding hydrogens is 447 g/mol. The summed E-state index contributed by atoms with van der Waals surface area (Å²) in [7, 11) is 1.46. The number of rotatable bonds is 8. The van der Waals surface area contributed by atoms with Crippen LogP contribution >= 0.6 is 0 Å². The zero-order chi connectivity index (χ0) is 25.5. The van der Waals surface area contributed by atoms with Crippen molar-refractivity contribution in [1.82, 2.24) is 10.3 Å². The quantitative estimate of drug-likeness (QED) is 0.350. The second-order valence-corrected chi connectivity index (χ2v) is 9.69. The first kappa shape index (κ1) is 24.3. The molecule has 0 bridgehead atoms. The number of carbonyl (C=O) groups is 2. The number of halogens is 1. The maximum atomic E-state index is 13.9. The smallest absolute Gasteiger partial charge is 0.265 e. The Morgan fingerprint density at radius 3 is 2.46 bits per heavy atom. The number of benzene rings is 2. The summed E-state index contributed by atoms with van der Waals surface area (Å²) >= 11 is 0. The number of hydrogen-bond donors (Lipinski definition) is 4. The number of aromatic amines is 1. The predicted octanol–water partition coefficient (Wildman–Crippen LogP) is 4.70. The molecule has 7 nitrogen and oxygen atoms in total. The molecule has 1 heterocycles. The van der Waals surface area contributed by atoms with E-state index in [2.05, 4.69) is 10.3 Å². The number of ether oxygens (including phenoxy) is 1. The van der Waals surface area contributed by atoms with Crippen molar-refractivity contribution in [2.24, 2.45) is 5.73 Å². The van der Waals surface area contributed by atoms with E-state index in [0.717, 1.165) is 35.2 Å². The molecular formula is C27H31FN4O3. The highest BCUT2D eigenvalue weighted by Gasteiger charge is 2.33. The van der Waals surface area contributed by atoms with Crippen LogP contribution in [0.4, 0.5) is 10.1 Å². The van der Waals surface area contributed by atoms with Crippen molar-refractivity contribution in [2.45, 2.75) is 45.2 Å². The van der Waals surface area contributed by atoms with Gasteiger partial charge in [-0.1, -0.05) is 12.1 Å². The molecule has 0 unspecified atom stereocenters. The average Bonchev–Trinajstić information content (AvgIpc) is 3.56. The zero-order valence-corrected chi connectivity index (χ0v) is 20.4. The molecule has 8 heteroatoms. The van der Waals surface area contributed by atoms with Crippen molar-refractivity contribution >= 4 is 17.5 Å². The minimum atomic E-state index is -1.55. The number of H-pyrrole nitrogens is 1. The SMILES string of the molecule is COc1cc(-c2c(C(N)=O)[nH]c(C3CC3)c2-c2ccc(N)cc2C)ccc1C(=O)NCC(C)(C)F. The lowest BCUT2D eigenvalue weighted by Crippen LogP contribution is -2.35. The number of nitrogens with two attached hydrogens (primary N) is 2. The van der Waals surface area contributed by atoms with Gasteiger partial charge in [-0.05, 0) is 80.5 Å². The molecule has 2 amide bonds. The number of nitrogen functional groups attached to an aromatic ring is 1. The predicted molar refractivity (Wildman–Crippen MR) is 135 cm³/mol. The van der Waals surface area contributed by atoms with Crippen LogP contribution in [0.3, 0.4) is 0 Å². The monoisotopic (exact) mass is 478 g/mol. The Hall–Kier alpha value is -3.81. The Morgan fingerprint density at radius 1 is 1.17 bits per heavy atom. The highest BCUT2D eigenvalue weighted by molar-refractivity contribution is 6.05. The first-order valence-corrected chi connectivity index (χ1v) is 11.6. The van der Waals surface area contributed by atoms with Crippen LogP contribution in [0.1, 0.15) is 64.7 Å². The summed E-state index contributed by atoms with van der Waals surface area (Å²) in [4.78, 5) is 28.5. The lowest BCUT2D eigenvalue weighted by atomic mass is 9.90. The van der Waals surface area contributed by atoms with Gasteiger partial charge in [-0.2, -0.15) is 0 Å². The fraction of sp³-hybridized carbons (Fsp3) is 0.333. The molecule has 1 aliphatic carbocycles. The number of amides is 2. The number of aromatic nitrogens is 1. The van der Waals surface area contributed by atoms with Crippen molar-refractivity contribution in [1.29, 1.82) is 0 Å². The number of alkyl halides is 1. The Balaban J connectivity index is 1.88. The summed E-state index contributed by atoms with van der Waals surface area (Å²) in [6.45, 7) is 4.63. The van der Waals surface area contributed by atoms with E-state index in [4.69, 9.17) is 16.2 Å². The van der Waals surface area contributed by atoms with E-state index in [-0.39, 0.29) is 12.1 Å². The van der Waals surface area contributed by atoms with Gasteiger partial charge in [-0.3, -0.25) is 9.59 Å². The number of carbonyl (C=O) groups excluding carboxylic acids is 2.